The summed E-state index contributed by atoms with van der Waals surface area (Å²) in [7, 11) is 0. The zero-order valence-corrected chi connectivity index (χ0v) is 15.0. The second-order valence-electron chi connectivity index (χ2n) is 5.29. The summed E-state index contributed by atoms with van der Waals surface area (Å²) in [4.78, 5) is 12.3. The molecule has 25 heavy (non-hydrogen) atoms. The van der Waals surface area contributed by atoms with Gasteiger partial charge in [-0.1, -0.05) is 6.07 Å². The van der Waals surface area contributed by atoms with Crippen molar-refractivity contribution < 1.29 is 19.0 Å². The first-order chi connectivity index (χ1) is 12.2. The lowest BCUT2D eigenvalue weighted by Gasteiger charge is -2.13. The lowest BCUT2D eigenvalue weighted by atomic mass is 10.1. The van der Waals surface area contributed by atoms with Gasteiger partial charge >= 0.3 is 0 Å². The summed E-state index contributed by atoms with van der Waals surface area (Å²) in [6.45, 7) is 7.94. The van der Waals surface area contributed by atoms with Crippen molar-refractivity contribution in [2.24, 2.45) is 0 Å². The molecule has 0 spiro atoms. The maximum atomic E-state index is 12.3. The van der Waals surface area contributed by atoms with E-state index in [0.717, 1.165) is 11.3 Å². The highest BCUT2D eigenvalue weighted by atomic mass is 16.5. The Balaban J connectivity index is 1.99. The van der Waals surface area contributed by atoms with E-state index < -0.39 is 0 Å². The number of nitrogens with one attached hydrogen (secondary N) is 1. The zero-order valence-electron chi connectivity index (χ0n) is 15.0. The highest BCUT2D eigenvalue weighted by molar-refractivity contribution is 5.94. The summed E-state index contributed by atoms with van der Waals surface area (Å²) in [5, 5.41) is 2.91. The number of rotatable bonds is 9. The molecule has 0 saturated heterocycles. The Morgan fingerprint density at radius 1 is 0.840 bits per heavy atom. The van der Waals surface area contributed by atoms with Crippen LogP contribution in [0.1, 0.15) is 36.7 Å². The van der Waals surface area contributed by atoms with Crippen LogP contribution in [0.3, 0.4) is 0 Å². The molecule has 2 aromatic carbocycles. The average Bonchev–Trinajstić information content (AvgIpc) is 2.63. The Labute approximate surface area is 148 Å². The Kier molecular flexibility index (Phi) is 7.14. The number of ether oxygens (including phenoxy) is 3. The predicted octanol–water partition coefficient (Wildman–Crippen LogP) is 3.81. The molecule has 0 aliphatic heterocycles. The molecule has 0 fully saturated rings. The molecule has 2 rings (SSSR count). The van der Waals surface area contributed by atoms with Gasteiger partial charge in [0.05, 0.1) is 19.8 Å². The summed E-state index contributed by atoms with van der Waals surface area (Å²) in [5.41, 5.74) is 1.55. The van der Waals surface area contributed by atoms with E-state index in [0.29, 0.717) is 43.4 Å². The van der Waals surface area contributed by atoms with E-state index in [1.165, 1.54) is 0 Å². The second-order valence-corrected chi connectivity index (χ2v) is 5.29. The van der Waals surface area contributed by atoms with E-state index in [4.69, 9.17) is 14.2 Å². The van der Waals surface area contributed by atoms with Crippen molar-refractivity contribution in [3.8, 4) is 17.2 Å². The molecule has 134 valence electrons. The Morgan fingerprint density at radius 3 is 2.12 bits per heavy atom. The zero-order chi connectivity index (χ0) is 18.1. The van der Waals surface area contributed by atoms with Gasteiger partial charge in [-0.3, -0.25) is 4.79 Å². The first-order valence-corrected chi connectivity index (χ1v) is 8.57. The molecular formula is C20H25NO4. The fraction of sp³-hybridized carbons (Fsp3) is 0.350. The molecule has 0 heterocycles. The van der Waals surface area contributed by atoms with Crippen molar-refractivity contribution in [3.05, 3.63) is 53.6 Å². The minimum Gasteiger partial charge on any atom is -0.494 e. The quantitative estimate of drug-likeness (QED) is 0.752. The third-order valence-corrected chi connectivity index (χ3v) is 3.49. The topological polar surface area (TPSA) is 56.8 Å². The summed E-state index contributed by atoms with van der Waals surface area (Å²) >= 11 is 0. The van der Waals surface area contributed by atoms with Gasteiger partial charge in [0.15, 0.2) is 11.5 Å². The number of hydrogen-bond donors (Lipinski definition) is 1. The summed E-state index contributed by atoms with van der Waals surface area (Å²) in [6, 6.07) is 12.8. The van der Waals surface area contributed by atoms with E-state index in [1.807, 2.05) is 39.0 Å². The molecule has 0 aliphatic carbocycles. The van der Waals surface area contributed by atoms with Crippen LogP contribution in [0.25, 0.3) is 0 Å². The number of benzene rings is 2. The monoisotopic (exact) mass is 343 g/mol. The molecule has 5 heteroatoms. The van der Waals surface area contributed by atoms with E-state index in [-0.39, 0.29) is 5.91 Å². The second kappa shape index (κ2) is 9.57. The molecule has 1 amide bonds. The molecule has 0 aliphatic rings. The lowest BCUT2D eigenvalue weighted by Crippen LogP contribution is -2.22. The summed E-state index contributed by atoms with van der Waals surface area (Å²) < 4.78 is 16.5. The van der Waals surface area contributed by atoms with Gasteiger partial charge in [-0.05, 0) is 62.7 Å². The third-order valence-electron chi connectivity index (χ3n) is 3.49. The normalized spacial score (nSPS) is 10.2. The first-order valence-electron chi connectivity index (χ1n) is 8.57. The van der Waals surface area contributed by atoms with Crippen LogP contribution in [0.2, 0.25) is 0 Å². The molecule has 2 aromatic rings. The van der Waals surface area contributed by atoms with E-state index >= 15 is 0 Å². The van der Waals surface area contributed by atoms with Gasteiger partial charge in [-0.15, -0.1) is 0 Å². The lowest BCUT2D eigenvalue weighted by molar-refractivity contribution is 0.0951. The molecule has 5 nitrogen and oxygen atoms in total. The molecule has 0 aromatic heterocycles. The van der Waals surface area contributed by atoms with Crippen LogP contribution in [0, 0.1) is 0 Å². The molecular weight excluding hydrogens is 318 g/mol. The van der Waals surface area contributed by atoms with Crippen LogP contribution in [0.5, 0.6) is 17.2 Å². The van der Waals surface area contributed by atoms with E-state index in [1.54, 1.807) is 24.3 Å². The first kappa shape index (κ1) is 18.6. The minimum absolute atomic E-state index is 0.130. The molecule has 0 unspecified atom stereocenters. The third kappa shape index (κ3) is 5.41. The number of hydrogen-bond acceptors (Lipinski definition) is 4. The van der Waals surface area contributed by atoms with Gasteiger partial charge in [0.1, 0.15) is 5.75 Å². The average molecular weight is 343 g/mol. The molecule has 0 bridgehead atoms. The maximum absolute atomic E-state index is 12.3. The highest BCUT2D eigenvalue weighted by Crippen LogP contribution is 2.28. The van der Waals surface area contributed by atoms with Crippen molar-refractivity contribution >= 4 is 5.91 Å². The maximum Gasteiger partial charge on any atom is 0.251 e. The van der Waals surface area contributed by atoms with E-state index in [2.05, 4.69) is 5.32 Å². The number of carbonyl (C=O) groups is 1. The Morgan fingerprint density at radius 2 is 1.48 bits per heavy atom. The fourth-order valence-electron chi connectivity index (χ4n) is 2.36. The fourth-order valence-corrected chi connectivity index (χ4v) is 2.36. The van der Waals surface area contributed by atoms with Crippen molar-refractivity contribution in [1.29, 1.82) is 0 Å². The molecule has 0 atom stereocenters. The Bertz CT molecular complexity index is 683. The number of amides is 1. The molecule has 1 N–H and O–H groups in total. The minimum atomic E-state index is -0.130. The summed E-state index contributed by atoms with van der Waals surface area (Å²) in [6.07, 6.45) is 0. The van der Waals surface area contributed by atoms with Gasteiger partial charge in [-0.25, -0.2) is 0 Å². The van der Waals surface area contributed by atoms with Gasteiger partial charge in [-0.2, -0.15) is 0 Å². The van der Waals surface area contributed by atoms with Crippen LogP contribution in [-0.2, 0) is 6.54 Å². The van der Waals surface area contributed by atoms with Crippen LogP contribution >= 0.6 is 0 Å². The van der Waals surface area contributed by atoms with E-state index in [9.17, 15) is 4.79 Å². The van der Waals surface area contributed by atoms with Crippen LogP contribution in [0.4, 0.5) is 0 Å². The van der Waals surface area contributed by atoms with Gasteiger partial charge < -0.3 is 19.5 Å². The van der Waals surface area contributed by atoms with Gasteiger partial charge in [0.25, 0.3) is 5.91 Å². The van der Waals surface area contributed by atoms with Crippen molar-refractivity contribution in [2.75, 3.05) is 19.8 Å². The standard InChI is InChI=1S/C20H25NO4/c1-4-23-17-10-8-16(9-11-17)20(22)21-14-15-7-12-18(24-5-2)19(13-15)25-6-3/h7-13H,4-6,14H2,1-3H3,(H,21,22). The van der Waals surface area contributed by atoms with Crippen LogP contribution in [-0.4, -0.2) is 25.7 Å². The SMILES string of the molecule is CCOc1ccc(C(=O)NCc2ccc(OCC)c(OCC)c2)cc1. The van der Waals surface area contributed by atoms with Crippen LogP contribution < -0.4 is 19.5 Å². The van der Waals surface area contributed by atoms with Gasteiger partial charge in [0.2, 0.25) is 0 Å². The predicted molar refractivity (Wildman–Crippen MR) is 97.6 cm³/mol. The largest absolute Gasteiger partial charge is 0.494 e. The highest BCUT2D eigenvalue weighted by Gasteiger charge is 2.09. The van der Waals surface area contributed by atoms with Crippen molar-refractivity contribution in [1.82, 2.24) is 5.32 Å². The van der Waals surface area contributed by atoms with Crippen molar-refractivity contribution in [3.63, 3.8) is 0 Å². The summed E-state index contributed by atoms with van der Waals surface area (Å²) in [5.74, 6) is 2.03. The number of carbonyl (C=O) groups excluding carboxylic acids is 1. The smallest absolute Gasteiger partial charge is 0.251 e. The molecule has 0 saturated carbocycles. The van der Waals surface area contributed by atoms with Crippen LogP contribution in [0.15, 0.2) is 42.5 Å². The Hall–Kier alpha value is -2.69. The molecule has 0 radical (unpaired) electrons. The van der Waals surface area contributed by atoms with Gasteiger partial charge in [0, 0.05) is 12.1 Å². The van der Waals surface area contributed by atoms with Crippen molar-refractivity contribution in [2.45, 2.75) is 27.3 Å².